The lowest BCUT2D eigenvalue weighted by Gasteiger charge is -2.21. The third-order valence-electron chi connectivity index (χ3n) is 3.51. The Kier molecular flexibility index (Phi) is 3.73. The van der Waals surface area contributed by atoms with E-state index in [0.29, 0.717) is 17.0 Å². The van der Waals surface area contributed by atoms with Crippen LogP contribution in [-0.2, 0) is 14.8 Å². The Morgan fingerprint density at radius 3 is 2.70 bits per heavy atom. The monoisotopic (exact) mass is 332 g/mol. The smallest absolute Gasteiger partial charge is 0.262 e. The van der Waals surface area contributed by atoms with Crippen molar-refractivity contribution in [2.45, 2.75) is 18.7 Å². The molecule has 1 heterocycles. The van der Waals surface area contributed by atoms with Crippen LogP contribution in [0.1, 0.15) is 11.1 Å². The van der Waals surface area contributed by atoms with Crippen LogP contribution >= 0.6 is 0 Å². The van der Waals surface area contributed by atoms with Crippen LogP contribution in [0.5, 0.6) is 5.75 Å². The number of nitrogens with one attached hydrogen (secondary N) is 2. The first-order chi connectivity index (χ1) is 10.9. The maximum atomic E-state index is 12.6. The van der Waals surface area contributed by atoms with Crippen molar-refractivity contribution in [1.29, 1.82) is 0 Å². The third kappa shape index (κ3) is 3.00. The summed E-state index contributed by atoms with van der Waals surface area (Å²) in [4.78, 5) is 11.7. The van der Waals surface area contributed by atoms with Crippen molar-refractivity contribution < 1.29 is 17.9 Å². The Morgan fingerprint density at radius 2 is 1.96 bits per heavy atom. The summed E-state index contributed by atoms with van der Waals surface area (Å²) in [7, 11) is -3.77. The van der Waals surface area contributed by atoms with Crippen molar-refractivity contribution in [2.75, 3.05) is 16.6 Å². The molecule has 0 aromatic heterocycles. The summed E-state index contributed by atoms with van der Waals surface area (Å²) in [5.74, 6) is 0.112. The van der Waals surface area contributed by atoms with Crippen LogP contribution in [0, 0.1) is 13.8 Å². The molecular formula is C16H16N2O4S. The number of carbonyl (C=O) groups excluding carboxylic acids is 1. The number of fused-ring (bicyclic) bond motifs is 1. The van der Waals surface area contributed by atoms with Gasteiger partial charge >= 0.3 is 0 Å². The highest BCUT2D eigenvalue weighted by Crippen LogP contribution is 2.36. The van der Waals surface area contributed by atoms with Gasteiger partial charge in [0.1, 0.15) is 11.4 Å². The number of aryl methyl sites for hydroxylation is 2. The number of rotatable bonds is 3. The van der Waals surface area contributed by atoms with Crippen LogP contribution in [0.4, 0.5) is 11.4 Å². The zero-order chi connectivity index (χ0) is 16.6. The van der Waals surface area contributed by atoms with Gasteiger partial charge in [0.05, 0.1) is 10.6 Å². The summed E-state index contributed by atoms with van der Waals surface area (Å²) in [5.41, 5.74) is 2.24. The Balaban J connectivity index is 2.00. The maximum Gasteiger partial charge on any atom is 0.262 e. The van der Waals surface area contributed by atoms with Gasteiger partial charge in [0.15, 0.2) is 6.61 Å². The first kappa shape index (κ1) is 15.4. The van der Waals surface area contributed by atoms with E-state index in [9.17, 15) is 13.2 Å². The summed E-state index contributed by atoms with van der Waals surface area (Å²) in [6, 6.07) is 10.0. The highest BCUT2D eigenvalue weighted by Gasteiger charge is 2.23. The SMILES string of the molecule is Cc1ccc(S(=O)(=O)Nc2cccc3c2NC(=O)CO3)c(C)c1. The molecule has 0 saturated heterocycles. The van der Waals surface area contributed by atoms with Gasteiger partial charge in [0, 0.05) is 0 Å². The van der Waals surface area contributed by atoms with E-state index in [4.69, 9.17) is 4.74 Å². The Hall–Kier alpha value is -2.54. The van der Waals surface area contributed by atoms with Crippen molar-refractivity contribution >= 4 is 27.3 Å². The van der Waals surface area contributed by atoms with E-state index in [1.54, 1.807) is 43.3 Å². The Labute approximate surface area is 134 Å². The molecule has 7 heteroatoms. The van der Waals surface area contributed by atoms with Gasteiger partial charge in [-0.15, -0.1) is 0 Å². The summed E-state index contributed by atoms with van der Waals surface area (Å²) in [6.07, 6.45) is 0. The molecule has 1 aliphatic heterocycles. The molecule has 6 nitrogen and oxygen atoms in total. The number of hydrogen-bond donors (Lipinski definition) is 2. The minimum absolute atomic E-state index is 0.0831. The number of sulfonamides is 1. The Morgan fingerprint density at radius 1 is 1.17 bits per heavy atom. The van der Waals surface area contributed by atoms with E-state index in [1.165, 1.54) is 0 Å². The average Bonchev–Trinajstić information content (AvgIpc) is 2.47. The van der Waals surface area contributed by atoms with Gasteiger partial charge in [-0.25, -0.2) is 8.42 Å². The minimum atomic E-state index is -3.77. The predicted molar refractivity (Wildman–Crippen MR) is 87.3 cm³/mol. The van der Waals surface area contributed by atoms with E-state index < -0.39 is 10.0 Å². The number of anilines is 2. The summed E-state index contributed by atoms with van der Waals surface area (Å²) in [5, 5.41) is 2.64. The van der Waals surface area contributed by atoms with Crippen LogP contribution < -0.4 is 14.8 Å². The van der Waals surface area contributed by atoms with Crippen LogP contribution in [0.3, 0.4) is 0 Å². The number of para-hydroxylation sites is 1. The van der Waals surface area contributed by atoms with Crippen molar-refractivity contribution in [3.05, 3.63) is 47.5 Å². The molecule has 0 bridgehead atoms. The Bertz CT molecular complexity index is 891. The molecule has 1 amide bonds. The highest BCUT2D eigenvalue weighted by atomic mass is 32.2. The topological polar surface area (TPSA) is 84.5 Å². The van der Waals surface area contributed by atoms with E-state index in [-0.39, 0.29) is 23.1 Å². The zero-order valence-electron chi connectivity index (χ0n) is 12.7. The fraction of sp³-hybridized carbons (Fsp3) is 0.188. The van der Waals surface area contributed by atoms with E-state index in [0.717, 1.165) is 5.56 Å². The number of carbonyl (C=O) groups is 1. The van der Waals surface area contributed by atoms with Gasteiger partial charge in [0.25, 0.3) is 15.9 Å². The third-order valence-corrected chi connectivity index (χ3v) is 5.04. The van der Waals surface area contributed by atoms with E-state index >= 15 is 0 Å². The predicted octanol–water partition coefficient (Wildman–Crippen LogP) is 2.44. The molecule has 0 radical (unpaired) electrons. The van der Waals surface area contributed by atoms with Gasteiger partial charge in [0.2, 0.25) is 0 Å². The lowest BCUT2D eigenvalue weighted by atomic mass is 10.2. The fourth-order valence-corrected chi connectivity index (χ4v) is 3.78. The second-order valence-electron chi connectivity index (χ2n) is 5.39. The zero-order valence-corrected chi connectivity index (χ0v) is 13.5. The van der Waals surface area contributed by atoms with Crippen molar-refractivity contribution in [3.63, 3.8) is 0 Å². The summed E-state index contributed by atoms with van der Waals surface area (Å²) >= 11 is 0. The lowest BCUT2D eigenvalue weighted by Crippen LogP contribution is -2.26. The molecule has 0 spiro atoms. The number of amides is 1. The van der Waals surface area contributed by atoms with Crippen LogP contribution in [0.15, 0.2) is 41.3 Å². The van der Waals surface area contributed by atoms with Gasteiger partial charge in [-0.05, 0) is 37.6 Å². The molecule has 2 N–H and O–H groups in total. The normalized spacial score (nSPS) is 13.7. The molecule has 0 unspecified atom stereocenters. The standard InChI is InChI=1S/C16H16N2O4S/c1-10-6-7-14(11(2)8-10)23(20,21)18-12-4-3-5-13-16(12)17-15(19)9-22-13/h3-8,18H,9H2,1-2H3,(H,17,19). The number of hydrogen-bond acceptors (Lipinski definition) is 4. The minimum Gasteiger partial charge on any atom is -0.481 e. The van der Waals surface area contributed by atoms with Crippen LogP contribution in [0.2, 0.25) is 0 Å². The summed E-state index contributed by atoms with van der Waals surface area (Å²) in [6.45, 7) is 3.56. The first-order valence-corrected chi connectivity index (χ1v) is 8.51. The molecule has 0 fully saturated rings. The summed E-state index contributed by atoms with van der Waals surface area (Å²) < 4.78 is 33.1. The molecular weight excluding hydrogens is 316 g/mol. The van der Waals surface area contributed by atoms with Gasteiger partial charge in [-0.2, -0.15) is 0 Å². The van der Waals surface area contributed by atoms with Crippen molar-refractivity contribution in [3.8, 4) is 5.75 Å². The second-order valence-corrected chi connectivity index (χ2v) is 7.04. The lowest BCUT2D eigenvalue weighted by molar-refractivity contribution is -0.118. The van der Waals surface area contributed by atoms with Crippen molar-refractivity contribution in [1.82, 2.24) is 0 Å². The van der Waals surface area contributed by atoms with E-state index in [2.05, 4.69) is 10.0 Å². The maximum absolute atomic E-state index is 12.6. The van der Waals surface area contributed by atoms with Crippen LogP contribution in [0.25, 0.3) is 0 Å². The van der Waals surface area contributed by atoms with Crippen LogP contribution in [-0.4, -0.2) is 20.9 Å². The molecule has 2 aromatic rings. The largest absolute Gasteiger partial charge is 0.481 e. The van der Waals surface area contributed by atoms with Gasteiger partial charge in [-0.1, -0.05) is 23.8 Å². The van der Waals surface area contributed by atoms with E-state index in [1.807, 2.05) is 6.92 Å². The first-order valence-electron chi connectivity index (χ1n) is 7.02. The molecule has 2 aromatic carbocycles. The molecule has 0 atom stereocenters. The quantitative estimate of drug-likeness (QED) is 0.904. The van der Waals surface area contributed by atoms with Gasteiger partial charge in [-0.3, -0.25) is 9.52 Å². The fourth-order valence-electron chi connectivity index (χ4n) is 2.48. The molecule has 0 saturated carbocycles. The molecule has 0 aliphatic carbocycles. The molecule has 1 aliphatic rings. The average molecular weight is 332 g/mol. The van der Waals surface area contributed by atoms with Gasteiger partial charge < -0.3 is 10.1 Å². The number of ether oxygens (including phenoxy) is 1. The van der Waals surface area contributed by atoms with Crippen molar-refractivity contribution in [2.24, 2.45) is 0 Å². The molecule has 23 heavy (non-hydrogen) atoms. The second kappa shape index (κ2) is 5.58. The number of benzene rings is 2. The molecule has 3 rings (SSSR count). The highest BCUT2D eigenvalue weighted by molar-refractivity contribution is 7.92. The molecule has 120 valence electrons.